The Morgan fingerprint density at radius 3 is 2.55 bits per heavy atom. The molecule has 2 fully saturated rings. The van der Waals surface area contributed by atoms with Gasteiger partial charge in [0.15, 0.2) is 4.93 Å². The predicted octanol–water partition coefficient (Wildman–Crippen LogP) is 1.94. The fourth-order valence-electron chi connectivity index (χ4n) is 1.79. The van der Waals surface area contributed by atoms with Gasteiger partial charge in [0.2, 0.25) is 0 Å². The van der Waals surface area contributed by atoms with E-state index in [-0.39, 0.29) is 10.9 Å². The van der Waals surface area contributed by atoms with Crippen LogP contribution in [0, 0.1) is 0 Å². The van der Waals surface area contributed by atoms with Crippen molar-refractivity contribution < 1.29 is 9.53 Å². The van der Waals surface area contributed by atoms with E-state index in [0.29, 0.717) is 5.75 Å². The molecule has 0 aromatic heterocycles. The van der Waals surface area contributed by atoms with Gasteiger partial charge in [0.05, 0.1) is 5.75 Å². The van der Waals surface area contributed by atoms with Crippen molar-refractivity contribution in [1.29, 1.82) is 0 Å². The standard InChI is InChI=1S/C8H12O2S/c9-7-6-11-8(10-7)4-2-1-3-5-8/h1-6H2. The van der Waals surface area contributed by atoms with Crippen LogP contribution in [0.2, 0.25) is 0 Å². The van der Waals surface area contributed by atoms with Gasteiger partial charge in [-0.25, -0.2) is 0 Å². The molecule has 1 heterocycles. The third-order valence-electron chi connectivity index (χ3n) is 2.37. The van der Waals surface area contributed by atoms with Gasteiger partial charge in [0.1, 0.15) is 0 Å². The number of carbonyl (C=O) groups is 1. The zero-order valence-electron chi connectivity index (χ0n) is 6.47. The van der Waals surface area contributed by atoms with Gasteiger partial charge in [-0.15, -0.1) is 11.8 Å². The Balaban J connectivity index is 2.03. The molecule has 0 bridgehead atoms. The molecule has 2 aliphatic rings. The topological polar surface area (TPSA) is 26.3 Å². The van der Waals surface area contributed by atoms with E-state index in [2.05, 4.69) is 0 Å². The maximum atomic E-state index is 10.9. The maximum Gasteiger partial charge on any atom is 0.317 e. The highest BCUT2D eigenvalue weighted by molar-refractivity contribution is 8.01. The molecule has 0 aromatic rings. The summed E-state index contributed by atoms with van der Waals surface area (Å²) in [6, 6.07) is 0. The summed E-state index contributed by atoms with van der Waals surface area (Å²) in [7, 11) is 0. The van der Waals surface area contributed by atoms with Gasteiger partial charge in [-0.2, -0.15) is 0 Å². The average Bonchev–Trinajstić information content (AvgIpc) is 2.34. The summed E-state index contributed by atoms with van der Waals surface area (Å²) in [5, 5.41) is 0. The molecule has 62 valence electrons. The lowest BCUT2D eigenvalue weighted by Crippen LogP contribution is -2.27. The van der Waals surface area contributed by atoms with Gasteiger partial charge >= 0.3 is 5.97 Å². The van der Waals surface area contributed by atoms with Crippen LogP contribution in [0.3, 0.4) is 0 Å². The fraction of sp³-hybridized carbons (Fsp3) is 0.875. The Hall–Kier alpha value is -0.180. The highest BCUT2D eigenvalue weighted by atomic mass is 32.2. The molecule has 2 nitrogen and oxygen atoms in total. The molecule has 1 saturated heterocycles. The van der Waals surface area contributed by atoms with Crippen LogP contribution in [0.15, 0.2) is 0 Å². The summed E-state index contributed by atoms with van der Waals surface area (Å²) in [5.41, 5.74) is 0. The first kappa shape index (κ1) is 7.47. The molecule has 1 saturated carbocycles. The smallest absolute Gasteiger partial charge is 0.317 e. The molecule has 0 N–H and O–H groups in total. The highest BCUT2D eigenvalue weighted by Crippen LogP contribution is 2.44. The van der Waals surface area contributed by atoms with Crippen LogP contribution in [0.25, 0.3) is 0 Å². The van der Waals surface area contributed by atoms with Crippen molar-refractivity contribution in [2.24, 2.45) is 0 Å². The summed E-state index contributed by atoms with van der Waals surface area (Å²) in [6.07, 6.45) is 5.90. The van der Waals surface area contributed by atoms with Crippen LogP contribution < -0.4 is 0 Å². The first-order valence-corrected chi connectivity index (χ1v) is 5.15. The van der Waals surface area contributed by atoms with Crippen LogP contribution in [0.1, 0.15) is 32.1 Å². The zero-order valence-corrected chi connectivity index (χ0v) is 7.28. The molecule has 0 amide bonds. The van der Waals surface area contributed by atoms with Crippen LogP contribution >= 0.6 is 11.8 Å². The van der Waals surface area contributed by atoms with E-state index >= 15 is 0 Å². The Morgan fingerprint density at radius 1 is 1.27 bits per heavy atom. The van der Waals surface area contributed by atoms with Crippen LogP contribution in [-0.2, 0) is 9.53 Å². The van der Waals surface area contributed by atoms with E-state index < -0.39 is 0 Å². The van der Waals surface area contributed by atoms with Crippen molar-refractivity contribution in [3.8, 4) is 0 Å². The van der Waals surface area contributed by atoms with Crippen LogP contribution in [-0.4, -0.2) is 16.7 Å². The molecule has 2 rings (SSSR count). The molecule has 1 aliphatic heterocycles. The van der Waals surface area contributed by atoms with E-state index in [4.69, 9.17) is 4.74 Å². The number of thioether (sulfide) groups is 1. The van der Waals surface area contributed by atoms with Gasteiger partial charge < -0.3 is 4.74 Å². The summed E-state index contributed by atoms with van der Waals surface area (Å²) in [4.78, 5) is 10.8. The van der Waals surface area contributed by atoms with Gasteiger partial charge in [0, 0.05) is 0 Å². The summed E-state index contributed by atoms with van der Waals surface area (Å²) in [5.74, 6) is 0.553. The third-order valence-corrected chi connectivity index (χ3v) is 3.77. The monoisotopic (exact) mass is 172 g/mol. The molecule has 11 heavy (non-hydrogen) atoms. The number of rotatable bonds is 0. The lowest BCUT2D eigenvalue weighted by molar-refractivity contribution is -0.147. The molecule has 1 spiro atoms. The second-order valence-corrected chi connectivity index (χ2v) is 4.56. The number of carbonyl (C=O) groups excluding carboxylic acids is 1. The van der Waals surface area contributed by atoms with Crippen molar-refractivity contribution in [1.82, 2.24) is 0 Å². The third kappa shape index (κ3) is 1.39. The lowest BCUT2D eigenvalue weighted by atomic mass is 9.97. The predicted molar refractivity (Wildman–Crippen MR) is 44.4 cm³/mol. The van der Waals surface area contributed by atoms with E-state index in [1.165, 1.54) is 19.3 Å². The average molecular weight is 172 g/mol. The molecule has 0 unspecified atom stereocenters. The highest BCUT2D eigenvalue weighted by Gasteiger charge is 2.41. The SMILES string of the molecule is O=C1CSC2(CCCCC2)O1. The second kappa shape index (κ2) is 2.70. The normalized spacial score (nSPS) is 28.9. The van der Waals surface area contributed by atoms with E-state index in [1.54, 1.807) is 11.8 Å². The quantitative estimate of drug-likeness (QED) is 0.522. The first-order chi connectivity index (χ1) is 5.31. The first-order valence-electron chi connectivity index (χ1n) is 4.17. The Kier molecular flexibility index (Phi) is 1.83. The largest absolute Gasteiger partial charge is 0.447 e. The van der Waals surface area contributed by atoms with Crippen LogP contribution in [0.5, 0.6) is 0 Å². The number of hydrogen-bond acceptors (Lipinski definition) is 3. The van der Waals surface area contributed by atoms with Crippen molar-refractivity contribution in [3.05, 3.63) is 0 Å². The maximum absolute atomic E-state index is 10.9. The van der Waals surface area contributed by atoms with Crippen molar-refractivity contribution in [3.63, 3.8) is 0 Å². The molecule has 0 atom stereocenters. The van der Waals surface area contributed by atoms with Gasteiger partial charge in [-0.05, 0) is 25.7 Å². The number of hydrogen-bond donors (Lipinski definition) is 0. The van der Waals surface area contributed by atoms with E-state index in [1.807, 2.05) is 0 Å². The summed E-state index contributed by atoms with van der Waals surface area (Å²) >= 11 is 1.70. The van der Waals surface area contributed by atoms with E-state index in [0.717, 1.165) is 12.8 Å². The van der Waals surface area contributed by atoms with Gasteiger partial charge in [-0.1, -0.05) is 6.42 Å². The molecule has 0 aromatic carbocycles. The number of ether oxygens (including phenoxy) is 1. The van der Waals surface area contributed by atoms with Crippen LogP contribution in [0.4, 0.5) is 0 Å². The lowest BCUT2D eigenvalue weighted by Gasteiger charge is -2.30. The summed E-state index contributed by atoms with van der Waals surface area (Å²) in [6.45, 7) is 0. The zero-order chi connectivity index (χ0) is 7.73. The minimum Gasteiger partial charge on any atom is -0.447 e. The van der Waals surface area contributed by atoms with Gasteiger partial charge in [-0.3, -0.25) is 4.79 Å². The fourth-order valence-corrected chi connectivity index (χ4v) is 2.96. The Bertz CT molecular complexity index is 173. The molecule has 1 aliphatic carbocycles. The Labute approximate surface area is 70.7 Å². The molecular weight excluding hydrogens is 160 g/mol. The van der Waals surface area contributed by atoms with E-state index in [9.17, 15) is 4.79 Å². The molecule has 3 heteroatoms. The second-order valence-electron chi connectivity index (χ2n) is 3.23. The number of esters is 1. The van der Waals surface area contributed by atoms with Crippen molar-refractivity contribution >= 4 is 17.7 Å². The van der Waals surface area contributed by atoms with Crippen molar-refractivity contribution in [2.45, 2.75) is 37.0 Å². The molecular formula is C8H12O2S. The van der Waals surface area contributed by atoms with Gasteiger partial charge in [0.25, 0.3) is 0 Å². The summed E-state index contributed by atoms with van der Waals surface area (Å²) < 4.78 is 5.31. The minimum absolute atomic E-state index is 0.0168. The Morgan fingerprint density at radius 2 is 2.00 bits per heavy atom. The molecule has 0 radical (unpaired) electrons. The van der Waals surface area contributed by atoms with Crippen molar-refractivity contribution in [2.75, 3.05) is 5.75 Å². The minimum atomic E-state index is -0.0880.